The van der Waals surface area contributed by atoms with E-state index in [9.17, 15) is 24.5 Å². The SMILES string of the molecule is Cc1ccc(/C=C2\SC(=O)N(CCNC(=O)c3cc([N+](=O)[O-])ccc3N(C)C)C2=O)cc1. The van der Waals surface area contributed by atoms with Crippen LogP contribution in [0.25, 0.3) is 6.08 Å². The molecule has 1 N–H and O–H groups in total. The number of imide groups is 1. The number of nitro groups is 1. The number of benzene rings is 2. The normalized spacial score (nSPS) is 14.7. The fourth-order valence-corrected chi connectivity index (χ4v) is 3.96. The van der Waals surface area contributed by atoms with E-state index in [1.165, 1.54) is 18.2 Å². The van der Waals surface area contributed by atoms with Crippen molar-refractivity contribution in [1.29, 1.82) is 0 Å². The van der Waals surface area contributed by atoms with Crippen LogP contribution in [0.15, 0.2) is 47.4 Å². The summed E-state index contributed by atoms with van der Waals surface area (Å²) in [6.45, 7) is 1.97. The summed E-state index contributed by atoms with van der Waals surface area (Å²) in [6.07, 6.45) is 1.66. The second-order valence-corrected chi connectivity index (χ2v) is 8.35. The van der Waals surface area contributed by atoms with Crippen LogP contribution in [0.5, 0.6) is 0 Å². The number of anilines is 1. The molecule has 0 radical (unpaired) electrons. The van der Waals surface area contributed by atoms with Gasteiger partial charge in [0.15, 0.2) is 0 Å². The molecule has 0 unspecified atom stereocenters. The average molecular weight is 455 g/mol. The van der Waals surface area contributed by atoms with Gasteiger partial charge in [-0.2, -0.15) is 0 Å². The molecule has 1 aliphatic rings. The van der Waals surface area contributed by atoms with E-state index in [-0.39, 0.29) is 24.3 Å². The van der Waals surface area contributed by atoms with Gasteiger partial charge >= 0.3 is 0 Å². The topological polar surface area (TPSA) is 113 Å². The molecule has 9 nitrogen and oxygen atoms in total. The van der Waals surface area contributed by atoms with Gasteiger partial charge in [-0.25, -0.2) is 0 Å². The van der Waals surface area contributed by atoms with Crippen LogP contribution in [0, 0.1) is 17.0 Å². The van der Waals surface area contributed by atoms with Gasteiger partial charge in [0.1, 0.15) is 0 Å². The molecule has 1 heterocycles. The third-order valence-corrected chi connectivity index (χ3v) is 5.69. The van der Waals surface area contributed by atoms with Crippen molar-refractivity contribution >= 4 is 46.3 Å². The molecule has 1 saturated heterocycles. The zero-order valence-electron chi connectivity index (χ0n) is 17.8. The molecule has 1 fully saturated rings. The Labute approximate surface area is 189 Å². The highest BCUT2D eigenvalue weighted by molar-refractivity contribution is 8.18. The summed E-state index contributed by atoms with van der Waals surface area (Å²) in [7, 11) is 3.44. The van der Waals surface area contributed by atoms with Gasteiger partial charge in [-0.05, 0) is 36.4 Å². The number of carbonyl (C=O) groups is 3. The number of non-ortho nitro benzene ring substituents is 1. The Morgan fingerprint density at radius 1 is 1.19 bits per heavy atom. The van der Waals surface area contributed by atoms with E-state index in [0.717, 1.165) is 27.8 Å². The standard InChI is InChI=1S/C22H22N4O5S/c1-14-4-6-15(7-5-14)12-19-21(28)25(22(29)32-19)11-10-23-20(27)17-13-16(26(30)31)8-9-18(17)24(2)3/h4-9,12-13H,10-11H2,1-3H3,(H,23,27)/b19-12-. The minimum absolute atomic E-state index is 0.00608. The highest BCUT2D eigenvalue weighted by atomic mass is 32.2. The molecule has 1 aliphatic heterocycles. The summed E-state index contributed by atoms with van der Waals surface area (Å²) in [4.78, 5) is 51.1. The first-order valence-corrected chi connectivity index (χ1v) is 10.5. The van der Waals surface area contributed by atoms with Gasteiger partial charge in [0, 0.05) is 45.0 Å². The number of hydrogen-bond donors (Lipinski definition) is 1. The van der Waals surface area contributed by atoms with Crippen molar-refractivity contribution in [3.05, 3.63) is 74.2 Å². The third-order valence-electron chi connectivity index (χ3n) is 4.79. The highest BCUT2D eigenvalue weighted by Gasteiger charge is 2.34. The van der Waals surface area contributed by atoms with Crippen molar-refractivity contribution in [3.63, 3.8) is 0 Å². The summed E-state index contributed by atoms with van der Waals surface area (Å²) in [5, 5.41) is 13.3. The van der Waals surface area contributed by atoms with Crippen LogP contribution in [0.2, 0.25) is 0 Å². The Hall–Kier alpha value is -3.66. The summed E-state index contributed by atoms with van der Waals surface area (Å²) in [6, 6.07) is 11.6. The highest BCUT2D eigenvalue weighted by Crippen LogP contribution is 2.32. The number of nitrogens with one attached hydrogen (secondary N) is 1. The Kier molecular flexibility index (Phi) is 6.94. The molecule has 10 heteroatoms. The van der Waals surface area contributed by atoms with Crippen LogP contribution in [0.3, 0.4) is 0 Å². The van der Waals surface area contributed by atoms with Crippen LogP contribution >= 0.6 is 11.8 Å². The minimum Gasteiger partial charge on any atom is -0.377 e. The summed E-state index contributed by atoms with van der Waals surface area (Å²) >= 11 is 0.852. The van der Waals surface area contributed by atoms with Gasteiger partial charge in [-0.15, -0.1) is 0 Å². The maximum absolute atomic E-state index is 12.6. The van der Waals surface area contributed by atoms with Crippen LogP contribution in [0.4, 0.5) is 16.2 Å². The first-order valence-electron chi connectivity index (χ1n) is 9.73. The lowest BCUT2D eigenvalue weighted by Crippen LogP contribution is -2.37. The monoisotopic (exact) mass is 454 g/mol. The van der Waals surface area contributed by atoms with E-state index in [2.05, 4.69) is 5.32 Å². The Balaban J connectivity index is 1.66. The molecular formula is C22H22N4O5S. The van der Waals surface area contributed by atoms with Gasteiger partial charge < -0.3 is 10.2 Å². The largest absolute Gasteiger partial charge is 0.377 e. The fraction of sp³-hybridized carbons (Fsp3) is 0.227. The van der Waals surface area contributed by atoms with E-state index in [1.54, 1.807) is 25.1 Å². The lowest BCUT2D eigenvalue weighted by atomic mass is 10.1. The molecule has 0 atom stereocenters. The Bertz CT molecular complexity index is 1110. The minimum atomic E-state index is -0.572. The van der Waals surface area contributed by atoms with Gasteiger partial charge in [0.25, 0.3) is 22.7 Å². The average Bonchev–Trinajstić information content (AvgIpc) is 3.02. The first-order chi connectivity index (χ1) is 15.2. The lowest BCUT2D eigenvalue weighted by molar-refractivity contribution is -0.384. The quantitative estimate of drug-likeness (QED) is 0.387. The molecule has 166 valence electrons. The second kappa shape index (κ2) is 9.65. The molecule has 2 aromatic carbocycles. The molecule has 0 spiro atoms. The van der Waals surface area contributed by atoms with Crippen molar-refractivity contribution in [2.24, 2.45) is 0 Å². The molecule has 3 amide bonds. The number of aryl methyl sites for hydroxylation is 1. The zero-order valence-corrected chi connectivity index (χ0v) is 18.6. The maximum atomic E-state index is 12.6. The van der Waals surface area contributed by atoms with Gasteiger partial charge in [0.05, 0.1) is 15.4 Å². The lowest BCUT2D eigenvalue weighted by Gasteiger charge is -2.18. The van der Waals surface area contributed by atoms with Crippen LogP contribution in [-0.4, -0.2) is 54.1 Å². The van der Waals surface area contributed by atoms with E-state index in [4.69, 9.17) is 0 Å². The van der Waals surface area contributed by atoms with E-state index >= 15 is 0 Å². The molecule has 0 bridgehead atoms. The van der Waals surface area contributed by atoms with Crippen LogP contribution in [0.1, 0.15) is 21.5 Å². The van der Waals surface area contributed by atoms with Gasteiger partial charge in [-0.1, -0.05) is 29.8 Å². The number of nitrogens with zero attached hydrogens (tertiary/aromatic N) is 3. The van der Waals surface area contributed by atoms with Crippen LogP contribution in [-0.2, 0) is 4.79 Å². The Morgan fingerprint density at radius 2 is 1.88 bits per heavy atom. The van der Waals surface area contributed by atoms with Gasteiger partial charge in [0.2, 0.25) is 0 Å². The van der Waals surface area contributed by atoms with Crippen molar-refractivity contribution in [2.75, 3.05) is 32.1 Å². The molecule has 0 saturated carbocycles. The molecule has 3 rings (SSSR count). The third kappa shape index (κ3) is 5.14. The summed E-state index contributed by atoms with van der Waals surface area (Å²) in [5.74, 6) is -0.946. The van der Waals surface area contributed by atoms with Crippen molar-refractivity contribution in [1.82, 2.24) is 10.2 Å². The molecular weight excluding hydrogens is 432 g/mol. The Morgan fingerprint density at radius 3 is 2.50 bits per heavy atom. The zero-order chi connectivity index (χ0) is 23.4. The van der Waals surface area contributed by atoms with E-state index in [1.807, 2.05) is 31.2 Å². The van der Waals surface area contributed by atoms with Crippen LogP contribution < -0.4 is 10.2 Å². The summed E-state index contributed by atoms with van der Waals surface area (Å²) in [5.41, 5.74) is 2.36. The van der Waals surface area contributed by atoms with Gasteiger partial charge in [-0.3, -0.25) is 29.4 Å². The smallest absolute Gasteiger partial charge is 0.293 e. The number of carbonyl (C=O) groups excluding carboxylic acids is 3. The second-order valence-electron chi connectivity index (χ2n) is 7.35. The number of rotatable bonds is 7. The molecule has 0 aromatic heterocycles. The van der Waals surface area contributed by atoms with E-state index < -0.39 is 22.0 Å². The predicted molar refractivity (Wildman–Crippen MR) is 124 cm³/mol. The van der Waals surface area contributed by atoms with E-state index in [0.29, 0.717) is 10.6 Å². The first kappa shape index (κ1) is 23.0. The predicted octanol–water partition coefficient (Wildman–Crippen LogP) is 3.44. The number of amides is 3. The molecule has 0 aliphatic carbocycles. The molecule has 32 heavy (non-hydrogen) atoms. The van der Waals surface area contributed by atoms with Crippen molar-refractivity contribution in [3.8, 4) is 0 Å². The number of nitro benzene ring substituents is 1. The fourth-order valence-electron chi connectivity index (χ4n) is 3.09. The van der Waals surface area contributed by atoms with Crippen molar-refractivity contribution < 1.29 is 19.3 Å². The van der Waals surface area contributed by atoms with Crippen molar-refractivity contribution in [2.45, 2.75) is 6.92 Å². The molecule has 2 aromatic rings. The maximum Gasteiger partial charge on any atom is 0.293 e. The number of hydrogen-bond acceptors (Lipinski definition) is 7. The number of thioether (sulfide) groups is 1. The summed E-state index contributed by atoms with van der Waals surface area (Å²) < 4.78 is 0.